The van der Waals surface area contributed by atoms with Crippen LogP contribution < -0.4 is 4.72 Å². The van der Waals surface area contributed by atoms with Crippen LogP contribution in [0.2, 0.25) is 0 Å². The second kappa shape index (κ2) is 5.79. The molecule has 1 aliphatic carbocycles. The zero-order chi connectivity index (χ0) is 15.6. The lowest BCUT2D eigenvalue weighted by Gasteiger charge is -2.16. The van der Waals surface area contributed by atoms with E-state index in [-0.39, 0.29) is 10.8 Å². The van der Waals surface area contributed by atoms with Gasteiger partial charge in [-0.2, -0.15) is 5.26 Å². The molecule has 0 aromatic heterocycles. The quantitative estimate of drug-likeness (QED) is 0.673. The Bertz CT molecular complexity index is 709. The molecule has 0 heterocycles. The van der Waals surface area contributed by atoms with Crippen LogP contribution in [0.4, 0.5) is 5.69 Å². The Morgan fingerprint density at radius 1 is 1.43 bits per heavy atom. The van der Waals surface area contributed by atoms with Crippen molar-refractivity contribution in [3.8, 4) is 6.07 Å². The average Bonchev–Trinajstić information content (AvgIpc) is 2.84. The number of hydrogen-bond acceptors (Lipinski definition) is 5. The summed E-state index contributed by atoms with van der Waals surface area (Å²) in [5.74, 6) is -0.386. The van der Waals surface area contributed by atoms with E-state index in [1.807, 2.05) is 0 Å². The molecule has 2 unspecified atom stereocenters. The van der Waals surface area contributed by atoms with Gasteiger partial charge in [0.05, 0.1) is 16.9 Å². The van der Waals surface area contributed by atoms with Crippen LogP contribution in [0.25, 0.3) is 0 Å². The SMILES string of the molecule is Cc1cccc([N+](=O)[O-])c1S(=O)(=O)NC1CCCC1C#N. The van der Waals surface area contributed by atoms with Crippen molar-refractivity contribution in [1.82, 2.24) is 4.72 Å². The number of hydrogen-bond donors (Lipinski definition) is 1. The maximum atomic E-state index is 12.5. The molecule has 0 spiro atoms. The van der Waals surface area contributed by atoms with Gasteiger partial charge < -0.3 is 0 Å². The molecule has 1 aliphatic rings. The van der Waals surface area contributed by atoms with Crippen molar-refractivity contribution in [2.45, 2.75) is 37.1 Å². The number of benzene rings is 1. The number of nitro groups is 1. The maximum absolute atomic E-state index is 12.5. The van der Waals surface area contributed by atoms with Gasteiger partial charge in [-0.15, -0.1) is 0 Å². The van der Waals surface area contributed by atoms with Gasteiger partial charge in [0.1, 0.15) is 0 Å². The van der Waals surface area contributed by atoms with Crippen molar-refractivity contribution in [1.29, 1.82) is 5.26 Å². The number of rotatable bonds is 4. The lowest BCUT2D eigenvalue weighted by Crippen LogP contribution is -2.37. The van der Waals surface area contributed by atoms with Crippen molar-refractivity contribution in [3.05, 3.63) is 33.9 Å². The summed E-state index contributed by atoms with van der Waals surface area (Å²) in [7, 11) is -4.04. The summed E-state index contributed by atoms with van der Waals surface area (Å²) in [6.07, 6.45) is 1.97. The molecule has 1 N–H and O–H groups in total. The first-order valence-electron chi connectivity index (χ1n) is 6.53. The van der Waals surface area contributed by atoms with Gasteiger partial charge >= 0.3 is 0 Å². The van der Waals surface area contributed by atoms with E-state index in [1.165, 1.54) is 19.1 Å². The molecule has 0 radical (unpaired) electrons. The molecule has 2 atom stereocenters. The molecule has 0 saturated heterocycles. The monoisotopic (exact) mass is 309 g/mol. The van der Waals surface area contributed by atoms with E-state index in [0.29, 0.717) is 18.4 Å². The van der Waals surface area contributed by atoms with Gasteiger partial charge in [-0.1, -0.05) is 18.6 Å². The average molecular weight is 309 g/mol. The molecular formula is C13H15N3O4S. The standard InChI is InChI=1S/C13H15N3O4S/c1-9-4-2-7-12(16(17)18)13(9)21(19,20)15-11-6-3-5-10(11)8-14/h2,4,7,10-11,15H,3,5-6H2,1H3. The van der Waals surface area contributed by atoms with Crippen molar-refractivity contribution < 1.29 is 13.3 Å². The molecule has 0 bridgehead atoms. The minimum absolute atomic E-state index is 0.309. The Hall–Kier alpha value is -1.98. The number of nitriles is 1. The molecule has 7 nitrogen and oxygen atoms in total. The normalized spacial score (nSPS) is 21.9. The Labute approximate surface area is 122 Å². The van der Waals surface area contributed by atoms with Crippen LogP contribution in [0.15, 0.2) is 23.1 Å². The van der Waals surface area contributed by atoms with Crippen LogP contribution >= 0.6 is 0 Å². The summed E-state index contributed by atoms with van der Waals surface area (Å²) in [6.45, 7) is 1.51. The Morgan fingerprint density at radius 3 is 2.76 bits per heavy atom. The minimum Gasteiger partial charge on any atom is -0.258 e. The van der Waals surface area contributed by atoms with Crippen LogP contribution in [-0.4, -0.2) is 19.4 Å². The van der Waals surface area contributed by atoms with Crippen LogP contribution in [0.5, 0.6) is 0 Å². The first-order chi connectivity index (χ1) is 9.86. The largest absolute Gasteiger partial charge is 0.289 e. The second-order valence-electron chi connectivity index (χ2n) is 5.07. The fourth-order valence-corrected chi connectivity index (χ4v) is 4.35. The topological polar surface area (TPSA) is 113 Å². The highest BCUT2D eigenvalue weighted by molar-refractivity contribution is 7.89. The second-order valence-corrected chi connectivity index (χ2v) is 6.73. The van der Waals surface area contributed by atoms with Gasteiger partial charge in [0.25, 0.3) is 5.69 Å². The highest BCUT2D eigenvalue weighted by atomic mass is 32.2. The molecule has 0 amide bonds. The third kappa shape index (κ3) is 3.04. The van der Waals surface area contributed by atoms with Crippen LogP contribution in [0, 0.1) is 34.3 Å². The predicted molar refractivity (Wildman–Crippen MR) is 74.9 cm³/mol. The summed E-state index contributed by atoms with van der Waals surface area (Å²) < 4.78 is 27.4. The molecule has 21 heavy (non-hydrogen) atoms. The predicted octanol–water partition coefficient (Wildman–Crippen LogP) is 1.87. The summed E-state index contributed by atoms with van der Waals surface area (Å²) in [5, 5.41) is 20.0. The van der Waals surface area contributed by atoms with Crippen molar-refractivity contribution >= 4 is 15.7 Å². The lowest BCUT2D eigenvalue weighted by molar-refractivity contribution is -0.387. The van der Waals surface area contributed by atoms with Crippen LogP contribution in [0.3, 0.4) is 0 Å². The highest BCUT2D eigenvalue weighted by Gasteiger charge is 2.34. The number of sulfonamides is 1. The van der Waals surface area contributed by atoms with Gasteiger partial charge in [0.2, 0.25) is 10.0 Å². The van der Waals surface area contributed by atoms with E-state index in [2.05, 4.69) is 10.8 Å². The number of aryl methyl sites for hydroxylation is 1. The number of nitro benzene ring substituents is 1. The molecule has 0 aliphatic heterocycles. The van der Waals surface area contributed by atoms with E-state index in [0.717, 1.165) is 12.5 Å². The first-order valence-corrected chi connectivity index (χ1v) is 8.01. The van der Waals surface area contributed by atoms with Crippen molar-refractivity contribution in [2.24, 2.45) is 5.92 Å². The third-order valence-corrected chi connectivity index (χ3v) is 5.33. The molecule has 1 aromatic rings. The third-order valence-electron chi connectivity index (χ3n) is 3.64. The van der Waals surface area contributed by atoms with Gasteiger partial charge in [-0.3, -0.25) is 10.1 Å². The van der Waals surface area contributed by atoms with E-state index >= 15 is 0 Å². The molecule has 1 aromatic carbocycles. The fraction of sp³-hybridized carbons (Fsp3) is 0.462. The van der Waals surface area contributed by atoms with Gasteiger partial charge in [-0.25, -0.2) is 13.1 Å². The van der Waals surface area contributed by atoms with Gasteiger partial charge in [0.15, 0.2) is 4.90 Å². The molecule has 8 heteroatoms. The molecule has 1 saturated carbocycles. The number of nitrogens with one attached hydrogen (secondary N) is 1. The molecule has 2 rings (SSSR count). The Kier molecular flexibility index (Phi) is 4.25. The molecule has 112 valence electrons. The minimum atomic E-state index is -4.04. The van der Waals surface area contributed by atoms with E-state index in [4.69, 9.17) is 5.26 Å². The number of nitrogens with zero attached hydrogens (tertiary/aromatic N) is 2. The highest BCUT2D eigenvalue weighted by Crippen LogP contribution is 2.30. The maximum Gasteiger partial charge on any atom is 0.289 e. The molecule has 1 fully saturated rings. The smallest absolute Gasteiger partial charge is 0.258 e. The van der Waals surface area contributed by atoms with E-state index < -0.39 is 26.7 Å². The zero-order valence-corrected chi connectivity index (χ0v) is 12.3. The lowest BCUT2D eigenvalue weighted by atomic mass is 10.1. The Morgan fingerprint density at radius 2 is 2.14 bits per heavy atom. The van der Waals surface area contributed by atoms with Gasteiger partial charge in [-0.05, 0) is 25.3 Å². The fourth-order valence-electron chi connectivity index (χ4n) is 2.64. The van der Waals surface area contributed by atoms with E-state index in [1.54, 1.807) is 0 Å². The van der Waals surface area contributed by atoms with Crippen molar-refractivity contribution in [3.63, 3.8) is 0 Å². The summed E-state index contributed by atoms with van der Waals surface area (Å²) >= 11 is 0. The van der Waals surface area contributed by atoms with Crippen LogP contribution in [-0.2, 0) is 10.0 Å². The molecular weight excluding hydrogens is 294 g/mol. The summed E-state index contributed by atoms with van der Waals surface area (Å²) in [4.78, 5) is 10.0. The van der Waals surface area contributed by atoms with Gasteiger partial charge in [0, 0.05) is 12.1 Å². The first kappa shape index (κ1) is 15.4. The Balaban J connectivity index is 2.41. The zero-order valence-electron chi connectivity index (χ0n) is 11.4. The van der Waals surface area contributed by atoms with Crippen LogP contribution in [0.1, 0.15) is 24.8 Å². The van der Waals surface area contributed by atoms with E-state index in [9.17, 15) is 18.5 Å². The summed E-state index contributed by atoms with van der Waals surface area (Å²) in [6, 6.07) is 5.71. The summed E-state index contributed by atoms with van der Waals surface area (Å²) in [5.41, 5.74) is -0.141. The van der Waals surface area contributed by atoms with Crippen molar-refractivity contribution in [2.75, 3.05) is 0 Å².